The molecule has 0 saturated heterocycles. The van der Waals surface area contributed by atoms with E-state index in [9.17, 15) is 18.0 Å². The molecule has 0 aliphatic rings. The van der Waals surface area contributed by atoms with Crippen LogP contribution in [0.15, 0.2) is 30.3 Å². The maximum Gasteiger partial charge on any atom is 0.401 e. The largest absolute Gasteiger partial charge is 0.401 e. The Bertz CT molecular complexity index is 401. The highest BCUT2D eigenvalue weighted by Gasteiger charge is 2.32. The Hall–Kier alpha value is -1.36. The summed E-state index contributed by atoms with van der Waals surface area (Å²) in [5, 5.41) is 0. The topological polar surface area (TPSA) is 20.3 Å². The molecule has 0 unspecified atom stereocenters. The van der Waals surface area contributed by atoms with Crippen LogP contribution in [0.3, 0.4) is 0 Å². The van der Waals surface area contributed by atoms with Gasteiger partial charge in [0.2, 0.25) is 0 Å². The smallest absolute Gasteiger partial charge is 0.298 e. The van der Waals surface area contributed by atoms with E-state index in [4.69, 9.17) is 0 Å². The van der Waals surface area contributed by atoms with Gasteiger partial charge in [-0.3, -0.25) is 9.69 Å². The van der Waals surface area contributed by atoms with Gasteiger partial charge in [-0.25, -0.2) is 0 Å². The molecule has 0 heterocycles. The SMILES string of the molecule is CC(C)N(CC(=O)Cc1ccccc1)CC(F)(F)F. The molecule has 2 nitrogen and oxygen atoms in total. The Morgan fingerprint density at radius 2 is 1.79 bits per heavy atom. The minimum atomic E-state index is -4.28. The van der Waals surface area contributed by atoms with Crippen molar-refractivity contribution in [1.82, 2.24) is 4.90 Å². The van der Waals surface area contributed by atoms with E-state index in [1.165, 1.54) is 0 Å². The number of carbonyl (C=O) groups excluding carboxylic acids is 1. The van der Waals surface area contributed by atoms with Gasteiger partial charge in [0.05, 0.1) is 13.1 Å². The van der Waals surface area contributed by atoms with Crippen molar-refractivity contribution >= 4 is 5.78 Å². The first-order chi connectivity index (χ1) is 8.78. The third-order valence-corrected chi connectivity index (χ3v) is 2.74. The molecule has 106 valence electrons. The molecule has 0 fully saturated rings. The van der Waals surface area contributed by atoms with E-state index >= 15 is 0 Å². The quantitative estimate of drug-likeness (QED) is 0.794. The average Bonchev–Trinajstić information content (AvgIpc) is 2.27. The van der Waals surface area contributed by atoms with E-state index in [2.05, 4.69) is 0 Å². The zero-order valence-electron chi connectivity index (χ0n) is 11.1. The summed E-state index contributed by atoms with van der Waals surface area (Å²) in [6.07, 6.45) is -4.11. The van der Waals surface area contributed by atoms with Crippen molar-refractivity contribution in [2.24, 2.45) is 0 Å². The van der Waals surface area contributed by atoms with E-state index < -0.39 is 12.7 Å². The first-order valence-corrected chi connectivity index (χ1v) is 6.14. The lowest BCUT2D eigenvalue weighted by molar-refractivity contribution is -0.151. The Morgan fingerprint density at radius 3 is 2.26 bits per heavy atom. The maximum absolute atomic E-state index is 12.4. The highest BCUT2D eigenvalue weighted by molar-refractivity contribution is 5.82. The second kappa shape index (κ2) is 6.70. The summed E-state index contributed by atoms with van der Waals surface area (Å²) in [6, 6.07) is 8.71. The van der Waals surface area contributed by atoms with Crippen LogP contribution in [0.2, 0.25) is 0 Å². The number of hydrogen-bond acceptors (Lipinski definition) is 2. The summed E-state index contributed by atoms with van der Waals surface area (Å²) in [7, 11) is 0. The predicted molar refractivity (Wildman–Crippen MR) is 67.9 cm³/mol. The van der Waals surface area contributed by atoms with Crippen molar-refractivity contribution in [2.75, 3.05) is 13.1 Å². The molecule has 5 heteroatoms. The molecule has 0 radical (unpaired) electrons. The van der Waals surface area contributed by atoms with Crippen molar-refractivity contribution in [2.45, 2.75) is 32.5 Å². The number of nitrogens with zero attached hydrogens (tertiary/aromatic N) is 1. The standard InChI is InChI=1S/C14H18F3NO/c1-11(2)18(10-14(15,16)17)9-13(19)8-12-6-4-3-5-7-12/h3-7,11H,8-10H2,1-2H3. The van der Waals surface area contributed by atoms with Gasteiger partial charge in [-0.1, -0.05) is 30.3 Å². The number of hydrogen-bond donors (Lipinski definition) is 0. The fraction of sp³-hybridized carbons (Fsp3) is 0.500. The predicted octanol–water partition coefficient (Wildman–Crippen LogP) is 3.07. The molecule has 0 aromatic heterocycles. The summed E-state index contributed by atoms with van der Waals surface area (Å²) >= 11 is 0. The molecule has 0 atom stereocenters. The zero-order valence-corrected chi connectivity index (χ0v) is 11.1. The second-order valence-corrected chi connectivity index (χ2v) is 4.81. The molecule has 0 spiro atoms. The molecule has 1 aromatic carbocycles. The van der Waals surface area contributed by atoms with Crippen LogP contribution in [0.25, 0.3) is 0 Å². The molecule has 0 aliphatic heterocycles. The first kappa shape index (κ1) is 15.7. The number of benzene rings is 1. The van der Waals surface area contributed by atoms with Gasteiger partial charge >= 0.3 is 6.18 Å². The molecule has 19 heavy (non-hydrogen) atoms. The molecule has 0 saturated carbocycles. The van der Waals surface area contributed by atoms with E-state index in [1.54, 1.807) is 38.1 Å². The average molecular weight is 273 g/mol. The minimum absolute atomic E-state index is 0.169. The van der Waals surface area contributed by atoms with E-state index in [1.807, 2.05) is 6.07 Å². The summed E-state index contributed by atoms with van der Waals surface area (Å²) in [4.78, 5) is 12.9. The lowest BCUT2D eigenvalue weighted by atomic mass is 10.1. The lowest BCUT2D eigenvalue weighted by Gasteiger charge is -2.26. The van der Waals surface area contributed by atoms with Gasteiger partial charge in [0.15, 0.2) is 5.78 Å². The monoisotopic (exact) mass is 273 g/mol. The number of halogens is 3. The number of ketones is 1. The van der Waals surface area contributed by atoms with Gasteiger partial charge in [0.25, 0.3) is 0 Å². The highest BCUT2D eigenvalue weighted by atomic mass is 19.4. The third-order valence-electron chi connectivity index (χ3n) is 2.74. The van der Waals surface area contributed by atoms with Crippen molar-refractivity contribution in [3.05, 3.63) is 35.9 Å². The van der Waals surface area contributed by atoms with Crippen LogP contribution in [0.5, 0.6) is 0 Å². The Labute approximate surface area is 111 Å². The van der Waals surface area contributed by atoms with Crippen LogP contribution < -0.4 is 0 Å². The van der Waals surface area contributed by atoms with E-state index in [0.29, 0.717) is 0 Å². The van der Waals surface area contributed by atoms with Crippen molar-refractivity contribution in [1.29, 1.82) is 0 Å². The van der Waals surface area contributed by atoms with Crippen molar-refractivity contribution < 1.29 is 18.0 Å². The molecule has 0 N–H and O–H groups in total. The number of carbonyl (C=O) groups is 1. The minimum Gasteiger partial charge on any atom is -0.298 e. The second-order valence-electron chi connectivity index (χ2n) is 4.81. The van der Waals surface area contributed by atoms with Crippen LogP contribution >= 0.6 is 0 Å². The third kappa shape index (κ3) is 6.38. The van der Waals surface area contributed by atoms with Gasteiger partial charge in [-0.2, -0.15) is 13.2 Å². The van der Waals surface area contributed by atoms with Gasteiger partial charge in [-0.15, -0.1) is 0 Å². The zero-order chi connectivity index (χ0) is 14.5. The molecular formula is C14H18F3NO. The Balaban J connectivity index is 2.57. The van der Waals surface area contributed by atoms with Crippen LogP contribution in [-0.2, 0) is 11.2 Å². The summed E-state index contributed by atoms with van der Waals surface area (Å²) in [6.45, 7) is 2.08. The number of alkyl halides is 3. The normalized spacial score (nSPS) is 12.2. The molecule has 0 aliphatic carbocycles. The van der Waals surface area contributed by atoms with Crippen LogP contribution in [0.1, 0.15) is 19.4 Å². The van der Waals surface area contributed by atoms with E-state index in [0.717, 1.165) is 10.5 Å². The van der Waals surface area contributed by atoms with Gasteiger partial charge in [-0.05, 0) is 19.4 Å². The fourth-order valence-electron chi connectivity index (χ4n) is 1.76. The molecule has 0 amide bonds. The highest BCUT2D eigenvalue weighted by Crippen LogP contribution is 2.18. The van der Waals surface area contributed by atoms with Crippen molar-refractivity contribution in [3.8, 4) is 0 Å². The van der Waals surface area contributed by atoms with Gasteiger partial charge < -0.3 is 0 Å². The first-order valence-electron chi connectivity index (χ1n) is 6.14. The summed E-state index contributed by atoms with van der Waals surface area (Å²) in [5.41, 5.74) is 0.822. The van der Waals surface area contributed by atoms with Crippen molar-refractivity contribution in [3.63, 3.8) is 0 Å². The molecular weight excluding hydrogens is 255 g/mol. The number of Topliss-reactive ketones (excluding diaryl/α,β-unsaturated/α-hetero) is 1. The summed E-state index contributed by atoms with van der Waals surface area (Å²) in [5.74, 6) is -0.204. The van der Waals surface area contributed by atoms with Crippen LogP contribution in [0, 0.1) is 0 Å². The van der Waals surface area contributed by atoms with E-state index in [-0.39, 0.29) is 24.8 Å². The van der Waals surface area contributed by atoms with Crippen LogP contribution in [-0.4, -0.2) is 36.0 Å². The van der Waals surface area contributed by atoms with Gasteiger partial charge in [0.1, 0.15) is 0 Å². The summed E-state index contributed by atoms with van der Waals surface area (Å²) < 4.78 is 37.2. The number of rotatable bonds is 6. The molecule has 1 aromatic rings. The molecule has 1 rings (SSSR count). The maximum atomic E-state index is 12.4. The Morgan fingerprint density at radius 1 is 1.21 bits per heavy atom. The lowest BCUT2D eigenvalue weighted by Crippen LogP contribution is -2.42. The Kier molecular flexibility index (Phi) is 5.54. The fourth-order valence-corrected chi connectivity index (χ4v) is 1.76. The van der Waals surface area contributed by atoms with Crippen LogP contribution in [0.4, 0.5) is 13.2 Å². The van der Waals surface area contributed by atoms with Gasteiger partial charge in [0, 0.05) is 12.5 Å². The molecule has 0 bridgehead atoms.